The summed E-state index contributed by atoms with van der Waals surface area (Å²) < 4.78 is 0. The quantitative estimate of drug-likeness (QED) is 0.889. The zero-order chi connectivity index (χ0) is 14.9. The smallest absolute Gasteiger partial charge is 0.0309 e. The number of nitrogens with zero attached hydrogens (tertiary/aromatic N) is 1. The molecule has 1 aromatic rings. The minimum atomic E-state index is 0.340. The summed E-state index contributed by atoms with van der Waals surface area (Å²) in [4.78, 5) is 2.74. The van der Waals surface area contributed by atoms with E-state index < -0.39 is 0 Å². The van der Waals surface area contributed by atoms with Crippen LogP contribution >= 0.6 is 0 Å². The molecule has 2 fully saturated rings. The number of benzene rings is 1. The molecule has 0 aromatic heterocycles. The van der Waals surface area contributed by atoms with Gasteiger partial charge in [0.25, 0.3) is 0 Å². The van der Waals surface area contributed by atoms with E-state index in [2.05, 4.69) is 55.3 Å². The van der Waals surface area contributed by atoms with E-state index in [-0.39, 0.29) is 0 Å². The van der Waals surface area contributed by atoms with E-state index in [4.69, 9.17) is 0 Å². The van der Waals surface area contributed by atoms with E-state index in [1.165, 1.54) is 36.9 Å². The van der Waals surface area contributed by atoms with Crippen molar-refractivity contribution in [2.24, 2.45) is 5.92 Å². The molecule has 21 heavy (non-hydrogen) atoms. The maximum absolute atomic E-state index is 3.86. The zero-order valence-corrected chi connectivity index (χ0v) is 13.9. The number of hydrogen-bond donors (Lipinski definition) is 1. The van der Waals surface area contributed by atoms with Gasteiger partial charge in [-0.25, -0.2) is 0 Å². The van der Waals surface area contributed by atoms with E-state index in [9.17, 15) is 0 Å². The van der Waals surface area contributed by atoms with Crippen molar-refractivity contribution in [3.8, 4) is 0 Å². The summed E-state index contributed by atoms with van der Waals surface area (Å²) in [6.45, 7) is 10.5. The molecule has 2 heteroatoms. The van der Waals surface area contributed by atoms with Gasteiger partial charge in [0.15, 0.2) is 0 Å². The number of aryl methyl sites for hydroxylation is 1. The topological polar surface area (TPSA) is 15.3 Å². The molecule has 1 aliphatic carbocycles. The lowest BCUT2D eigenvalue weighted by molar-refractivity contribution is 0.0664. The van der Waals surface area contributed by atoms with E-state index in [0.717, 1.165) is 25.4 Å². The highest BCUT2D eigenvalue weighted by Gasteiger charge is 2.45. The molecule has 0 radical (unpaired) electrons. The summed E-state index contributed by atoms with van der Waals surface area (Å²) in [5.41, 5.74) is 3.38. The summed E-state index contributed by atoms with van der Waals surface area (Å²) in [6, 6.07) is 9.66. The van der Waals surface area contributed by atoms with Gasteiger partial charge in [0.2, 0.25) is 0 Å². The van der Waals surface area contributed by atoms with Crippen LogP contribution in [0.1, 0.15) is 51.2 Å². The number of nitrogens with one attached hydrogen (secondary N) is 1. The summed E-state index contributed by atoms with van der Waals surface area (Å²) in [5, 5.41) is 3.86. The molecule has 1 aliphatic heterocycles. The van der Waals surface area contributed by atoms with E-state index in [1.54, 1.807) is 0 Å². The highest BCUT2D eigenvalue weighted by Crippen LogP contribution is 2.41. The Labute approximate surface area is 129 Å². The van der Waals surface area contributed by atoms with Crippen LogP contribution in [0.5, 0.6) is 0 Å². The van der Waals surface area contributed by atoms with Crippen LogP contribution < -0.4 is 5.32 Å². The first-order valence-corrected chi connectivity index (χ1v) is 8.72. The van der Waals surface area contributed by atoms with Crippen LogP contribution in [0.15, 0.2) is 24.3 Å². The Balaban J connectivity index is 1.76. The van der Waals surface area contributed by atoms with Gasteiger partial charge in [-0.2, -0.15) is 0 Å². The van der Waals surface area contributed by atoms with Crippen molar-refractivity contribution < 1.29 is 0 Å². The van der Waals surface area contributed by atoms with Crippen molar-refractivity contribution in [2.75, 3.05) is 13.1 Å². The first kappa shape index (κ1) is 15.1. The first-order chi connectivity index (χ1) is 10.2. The second-order valence-electron chi connectivity index (χ2n) is 7.16. The Bertz CT molecular complexity index is 480. The molecule has 116 valence electrons. The van der Waals surface area contributed by atoms with Crippen LogP contribution in [0.4, 0.5) is 0 Å². The maximum atomic E-state index is 3.86. The number of rotatable bonds is 5. The van der Waals surface area contributed by atoms with Crippen molar-refractivity contribution in [2.45, 2.75) is 64.6 Å². The highest BCUT2D eigenvalue weighted by atomic mass is 15.3. The van der Waals surface area contributed by atoms with Gasteiger partial charge in [0.05, 0.1) is 0 Å². The Morgan fingerprint density at radius 1 is 1.19 bits per heavy atom. The SMILES string of the molecule is CCc1ccccc1CN1CC(C)(C2CC2)NCC1CC. The van der Waals surface area contributed by atoms with Crippen LogP contribution in [0.3, 0.4) is 0 Å². The molecule has 2 aliphatic rings. The van der Waals surface area contributed by atoms with Gasteiger partial charge in [-0.1, -0.05) is 38.1 Å². The third kappa shape index (κ3) is 3.17. The third-order valence-corrected chi connectivity index (χ3v) is 5.61. The van der Waals surface area contributed by atoms with Gasteiger partial charge >= 0.3 is 0 Å². The molecule has 0 bridgehead atoms. The zero-order valence-electron chi connectivity index (χ0n) is 13.9. The standard InChI is InChI=1S/C19H30N2/c1-4-15-8-6-7-9-16(15)13-21-14-19(3,17-10-11-17)20-12-18(21)5-2/h6-9,17-18,20H,4-5,10-14H2,1-3H3. The fourth-order valence-electron chi connectivity index (χ4n) is 3.94. The second-order valence-corrected chi connectivity index (χ2v) is 7.16. The van der Waals surface area contributed by atoms with Crippen molar-refractivity contribution in [1.82, 2.24) is 10.2 Å². The Morgan fingerprint density at radius 2 is 1.90 bits per heavy atom. The van der Waals surface area contributed by atoms with Crippen LogP contribution in [-0.2, 0) is 13.0 Å². The minimum absolute atomic E-state index is 0.340. The van der Waals surface area contributed by atoms with E-state index >= 15 is 0 Å². The molecule has 1 heterocycles. The largest absolute Gasteiger partial charge is 0.308 e. The van der Waals surface area contributed by atoms with Gasteiger partial charge in [-0.3, -0.25) is 4.90 Å². The van der Waals surface area contributed by atoms with Crippen LogP contribution in [-0.4, -0.2) is 29.6 Å². The molecule has 3 rings (SSSR count). The summed E-state index contributed by atoms with van der Waals surface area (Å²) in [6.07, 6.45) is 5.21. The van der Waals surface area contributed by atoms with Crippen molar-refractivity contribution in [3.63, 3.8) is 0 Å². The predicted octanol–water partition coefficient (Wildman–Crippen LogP) is 3.60. The number of piperazine rings is 1. The lowest BCUT2D eigenvalue weighted by atomic mass is 9.89. The van der Waals surface area contributed by atoms with Crippen LogP contribution in [0, 0.1) is 5.92 Å². The van der Waals surface area contributed by atoms with E-state index in [1.807, 2.05) is 0 Å². The molecule has 2 nitrogen and oxygen atoms in total. The third-order valence-electron chi connectivity index (χ3n) is 5.61. The minimum Gasteiger partial charge on any atom is -0.308 e. The summed E-state index contributed by atoms with van der Waals surface area (Å²) in [7, 11) is 0. The first-order valence-electron chi connectivity index (χ1n) is 8.72. The van der Waals surface area contributed by atoms with Crippen molar-refractivity contribution in [1.29, 1.82) is 0 Å². The molecule has 1 aromatic carbocycles. The van der Waals surface area contributed by atoms with Gasteiger partial charge in [0, 0.05) is 31.2 Å². The van der Waals surface area contributed by atoms with Gasteiger partial charge in [0.1, 0.15) is 0 Å². The molecule has 1 saturated heterocycles. The maximum Gasteiger partial charge on any atom is 0.0309 e. The molecular formula is C19H30N2. The van der Waals surface area contributed by atoms with Gasteiger partial charge in [-0.05, 0) is 49.7 Å². The lowest BCUT2D eigenvalue weighted by Crippen LogP contribution is -2.63. The average molecular weight is 286 g/mol. The van der Waals surface area contributed by atoms with Crippen molar-refractivity contribution >= 4 is 0 Å². The molecule has 0 spiro atoms. The van der Waals surface area contributed by atoms with Gasteiger partial charge in [-0.15, -0.1) is 0 Å². The normalized spacial score (nSPS) is 30.5. The lowest BCUT2D eigenvalue weighted by Gasteiger charge is -2.47. The number of hydrogen-bond acceptors (Lipinski definition) is 2. The molecule has 0 amide bonds. The average Bonchev–Trinajstić information content (AvgIpc) is 3.33. The second kappa shape index (κ2) is 6.10. The fourth-order valence-corrected chi connectivity index (χ4v) is 3.94. The summed E-state index contributed by atoms with van der Waals surface area (Å²) in [5.74, 6) is 0.902. The van der Waals surface area contributed by atoms with Crippen molar-refractivity contribution in [3.05, 3.63) is 35.4 Å². The van der Waals surface area contributed by atoms with E-state index in [0.29, 0.717) is 11.6 Å². The Hall–Kier alpha value is -0.860. The molecule has 2 atom stereocenters. The fraction of sp³-hybridized carbons (Fsp3) is 0.684. The Kier molecular flexibility index (Phi) is 4.37. The molecule has 1 saturated carbocycles. The Morgan fingerprint density at radius 3 is 2.52 bits per heavy atom. The predicted molar refractivity (Wildman–Crippen MR) is 89.4 cm³/mol. The summed E-state index contributed by atoms with van der Waals surface area (Å²) >= 11 is 0. The molecule has 2 unspecified atom stereocenters. The van der Waals surface area contributed by atoms with Gasteiger partial charge < -0.3 is 5.32 Å². The highest BCUT2D eigenvalue weighted by molar-refractivity contribution is 5.27. The molecule has 1 N–H and O–H groups in total. The van der Waals surface area contributed by atoms with Crippen LogP contribution in [0.2, 0.25) is 0 Å². The molecular weight excluding hydrogens is 256 g/mol. The van der Waals surface area contributed by atoms with Crippen LogP contribution in [0.25, 0.3) is 0 Å². The monoisotopic (exact) mass is 286 g/mol.